The van der Waals surface area contributed by atoms with Crippen molar-refractivity contribution >= 4 is 28.7 Å². The molecule has 0 aliphatic heterocycles. The number of rotatable bonds is 5. The summed E-state index contributed by atoms with van der Waals surface area (Å²) in [4.78, 5) is 22.0. The van der Waals surface area contributed by atoms with Gasteiger partial charge in [-0.15, -0.1) is 0 Å². The first-order valence-corrected chi connectivity index (χ1v) is 6.40. The number of nitrogens with two attached hydrogens (primary N) is 1. The minimum Gasteiger partial charge on any atom is -0.497 e. The van der Waals surface area contributed by atoms with Crippen LogP contribution in [0.1, 0.15) is 5.56 Å². The molecule has 0 heterocycles. The molecule has 2 aromatic rings. The van der Waals surface area contributed by atoms with Crippen molar-refractivity contribution in [2.45, 2.75) is 0 Å². The smallest absolute Gasteiger partial charge is 0.244 e. The number of nitrogens with one attached hydrogen (secondary N) is 1. The molecule has 0 saturated heterocycles. The lowest BCUT2D eigenvalue weighted by Crippen LogP contribution is -2.32. The third kappa shape index (κ3) is 4.07. The molecule has 108 valence electrons. The molecule has 2 amide bonds. The first-order chi connectivity index (χ1) is 10.1. The van der Waals surface area contributed by atoms with Gasteiger partial charge in [0.05, 0.1) is 13.7 Å². The second kappa shape index (κ2) is 6.56. The van der Waals surface area contributed by atoms with Crippen molar-refractivity contribution in [3.05, 3.63) is 48.0 Å². The summed E-state index contributed by atoms with van der Waals surface area (Å²) in [6, 6.07) is 11.6. The lowest BCUT2D eigenvalue weighted by molar-refractivity contribution is -0.122. The van der Waals surface area contributed by atoms with Gasteiger partial charge in [-0.3, -0.25) is 9.59 Å². The Morgan fingerprint density at radius 2 is 1.90 bits per heavy atom. The summed E-state index contributed by atoms with van der Waals surface area (Å²) >= 11 is 0. The van der Waals surface area contributed by atoms with Crippen LogP contribution in [0.3, 0.4) is 0 Å². The van der Waals surface area contributed by atoms with E-state index in [4.69, 9.17) is 10.5 Å². The van der Waals surface area contributed by atoms with Gasteiger partial charge in [0.1, 0.15) is 5.75 Å². The number of benzene rings is 2. The summed E-state index contributed by atoms with van der Waals surface area (Å²) in [5, 5.41) is 4.50. The molecule has 3 N–H and O–H groups in total. The summed E-state index contributed by atoms with van der Waals surface area (Å²) in [6.07, 6.45) is 3.05. The Labute approximate surface area is 122 Å². The van der Waals surface area contributed by atoms with Crippen molar-refractivity contribution in [1.29, 1.82) is 0 Å². The van der Waals surface area contributed by atoms with Crippen LogP contribution < -0.4 is 15.8 Å². The molecule has 0 atom stereocenters. The number of ether oxygens (including phenoxy) is 1. The fourth-order valence-corrected chi connectivity index (χ4v) is 1.88. The molecule has 0 unspecified atom stereocenters. The first kappa shape index (κ1) is 14.6. The fourth-order valence-electron chi connectivity index (χ4n) is 1.88. The minimum absolute atomic E-state index is 0.166. The van der Waals surface area contributed by atoms with E-state index in [1.54, 1.807) is 13.2 Å². The van der Waals surface area contributed by atoms with Crippen LogP contribution in [0, 0.1) is 0 Å². The van der Waals surface area contributed by atoms with E-state index in [2.05, 4.69) is 5.32 Å². The van der Waals surface area contributed by atoms with Crippen LogP contribution in [0.25, 0.3) is 16.8 Å². The fraction of sp³-hybridized carbons (Fsp3) is 0.125. The Balaban J connectivity index is 2.12. The van der Waals surface area contributed by atoms with Crippen molar-refractivity contribution in [3.63, 3.8) is 0 Å². The van der Waals surface area contributed by atoms with Gasteiger partial charge in [-0.2, -0.15) is 0 Å². The lowest BCUT2D eigenvalue weighted by atomic mass is 10.1. The highest BCUT2D eigenvalue weighted by atomic mass is 16.5. The molecule has 0 fully saturated rings. The molecule has 5 heteroatoms. The van der Waals surface area contributed by atoms with E-state index in [9.17, 15) is 9.59 Å². The largest absolute Gasteiger partial charge is 0.497 e. The van der Waals surface area contributed by atoms with E-state index < -0.39 is 5.91 Å². The van der Waals surface area contributed by atoms with E-state index in [0.717, 1.165) is 22.1 Å². The Morgan fingerprint density at radius 1 is 1.19 bits per heavy atom. The number of hydrogen-bond donors (Lipinski definition) is 2. The van der Waals surface area contributed by atoms with Gasteiger partial charge < -0.3 is 15.8 Å². The number of amides is 2. The summed E-state index contributed by atoms with van der Waals surface area (Å²) in [6.45, 7) is -0.166. The van der Waals surface area contributed by atoms with Gasteiger partial charge in [-0.05, 0) is 40.6 Å². The van der Waals surface area contributed by atoms with Gasteiger partial charge >= 0.3 is 0 Å². The zero-order valence-electron chi connectivity index (χ0n) is 11.6. The van der Waals surface area contributed by atoms with Crippen molar-refractivity contribution < 1.29 is 14.3 Å². The quantitative estimate of drug-likeness (QED) is 0.816. The summed E-state index contributed by atoms with van der Waals surface area (Å²) in [7, 11) is 1.63. The van der Waals surface area contributed by atoms with Crippen LogP contribution in [-0.4, -0.2) is 25.5 Å². The molecule has 0 aromatic heterocycles. The van der Waals surface area contributed by atoms with Crippen molar-refractivity contribution in [2.75, 3.05) is 13.7 Å². The van der Waals surface area contributed by atoms with E-state index >= 15 is 0 Å². The average Bonchev–Trinajstić information content (AvgIpc) is 2.50. The third-order valence-electron chi connectivity index (χ3n) is 2.94. The number of carbonyl (C=O) groups is 2. The van der Waals surface area contributed by atoms with Crippen LogP contribution in [0.15, 0.2) is 42.5 Å². The van der Waals surface area contributed by atoms with Crippen LogP contribution in [-0.2, 0) is 9.59 Å². The van der Waals surface area contributed by atoms with E-state index in [-0.39, 0.29) is 12.5 Å². The predicted molar refractivity (Wildman–Crippen MR) is 81.7 cm³/mol. The maximum Gasteiger partial charge on any atom is 0.244 e. The highest BCUT2D eigenvalue weighted by molar-refractivity contribution is 5.95. The van der Waals surface area contributed by atoms with Crippen LogP contribution in [0.5, 0.6) is 5.75 Å². The third-order valence-corrected chi connectivity index (χ3v) is 2.94. The van der Waals surface area contributed by atoms with Crippen LogP contribution >= 0.6 is 0 Å². The summed E-state index contributed by atoms with van der Waals surface area (Å²) < 4.78 is 5.17. The highest BCUT2D eigenvalue weighted by Crippen LogP contribution is 2.22. The summed E-state index contributed by atoms with van der Waals surface area (Å²) in [5.74, 6) is -0.128. The number of carbonyl (C=O) groups excluding carboxylic acids is 2. The number of methoxy groups -OCH3 is 1. The molecule has 0 saturated carbocycles. The SMILES string of the molecule is COc1ccc2cc(/C=C/C(=O)NCC(N)=O)ccc2c1. The molecule has 5 nitrogen and oxygen atoms in total. The normalized spacial score (nSPS) is 10.7. The van der Waals surface area contributed by atoms with Crippen LogP contribution in [0.2, 0.25) is 0 Å². The Hall–Kier alpha value is -2.82. The Morgan fingerprint density at radius 3 is 2.62 bits per heavy atom. The van der Waals surface area contributed by atoms with Crippen LogP contribution in [0.4, 0.5) is 0 Å². The van der Waals surface area contributed by atoms with Gasteiger partial charge in [0.25, 0.3) is 0 Å². The Kier molecular flexibility index (Phi) is 4.56. The van der Waals surface area contributed by atoms with E-state index in [0.29, 0.717) is 0 Å². The van der Waals surface area contributed by atoms with Gasteiger partial charge in [0.2, 0.25) is 11.8 Å². The maximum absolute atomic E-state index is 11.4. The molecule has 0 spiro atoms. The van der Waals surface area contributed by atoms with Gasteiger partial charge in [0.15, 0.2) is 0 Å². The predicted octanol–water partition coefficient (Wildman–Crippen LogP) is 1.46. The standard InChI is InChI=1S/C16H16N2O3/c1-21-14-6-5-12-8-11(2-4-13(12)9-14)3-7-16(20)18-10-15(17)19/h2-9H,10H2,1H3,(H2,17,19)(H,18,20)/b7-3+. The topological polar surface area (TPSA) is 81.4 Å². The molecule has 0 radical (unpaired) electrons. The first-order valence-electron chi connectivity index (χ1n) is 6.40. The number of fused-ring (bicyclic) bond motifs is 1. The zero-order chi connectivity index (χ0) is 15.2. The molecular formula is C16H16N2O3. The summed E-state index contributed by atoms with van der Waals surface area (Å²) in [5.41, 5.74) is 5.84. The number of hydrogen-bond acceptors (Lipinski definition) is 3. The molecule has 2 rings (SSSR count). The minimum atomic E-state index is -0.573. The van der Waals surface area contributed by atoms with Gasteiger partial charge in [0, 0.05) is 6.08 Å². The lowest BCUT2D eigenvalue weighted by Gasteiger charge is -2.03. The monoisotopic (exact) mass is 284 g/mol. The molecule has 2 aromatic carbocycles. The second-order valence-corrected chi connectivity index (χ2v) is 4.49. The molecule has 0 bridgehead atoms. The zero-order valence-corrected chi connectivity index (χ0v) is 11.6. The molecule has 0 aliphatic rings. The van der Waals surface area contributed by atoms with Gasteiger partial charge in [-0.25, -0.2) is 0 Å². The van der Waals surface area contributed by atoms with Crippen molar-refractivity contribution in [2.24, 2.45) is 5.73 Å². The average molecular weight is 284 g/mol. The molecule has 0 aliphatic carbocycles. The molecule has 21 heavy (non-hydrogen) atoms. The van der Waals surface area contributed by atoms with Crippen molar-refractivity contribution in [3.8, 4) is 5.75 Å². The van der Waals surface area contributed by atoms with Gasteiger partial charge in [-0.1, -0.05) is 18.2 Å². The van der Waals surface area contributed by atoms with E-state index in [1.165, 1.54) is 6.08 Å². The van der Waals surface area contributed by atoms with Crippen molar-refractivity contribution in [1.82, 2.24) is 5.32 Å². The highest BCUT2D eigenvalue weighted by Gasteiger charge is 1.99. The maximum atomic E-state index is 11.4. The number of primary amides is 1. The van der Waals surface area contributed by atoms with E-state index in [1.807, 2.05) is 36.4 Å². The Bertz CT molecular complexity index is 708. The molecular weight excluding hydrogens is 268 g/mol. The second-order valence-electron chi connectivity index (χ2n) is 4.49.